The molecule has 0 bridgehead atoms. The second-order valence-electron chi connectivity index (χ2n) is 7.77. The van der Waals surface area contributed by atoms with Crippen molar-refractivity contribution in [3.8, 4) is 35.5 Å². The maximum Gasteiger partial charge on any atom is 0.0340 e. The van der Waals surface area contributed by atoms with Crippen LogP contribution in [0.2, 0.25) is 0 Å². The second-order valence-corrected chi connectivity index (χ2v) is 7.77. The Morgan fingerprint density at radius 3 is 1.32 bits per heavy atom. The zero-order valence-electron chi connectivity index (χ0n) is 18.5. The van der Waals surface area contributed by atoms with Crippen molar-refractivity contribution in [1.82, 2.24) is 0 Å². The standard InChI is InChI=1S/C34H20/c1-4-11-27(12-5-1)19-20-30-25-32(24-22-29-15-8-3-9-16-29)33-18-10-17-31(34(33)26-30)23-21-28-13-6-2-7-14-28/h1-18,25-26H. The highest BCUT2D eigenvalue weighted by Gasteiger charge is 2.05. The lowest BCUT2D eigenvalue weighted by Crippen LogP contribution is -1.88. The first-order valence-corrected chi connectivity index (χ1v) is 11.1. The van der Waals surface area contributed by atoms with Crippen LogP contribution in [0.5, 0.6) is 0 Å². The molecule has 0 fully saturated rings. The minimum Gasteiger partial charge on any atom is -0.0622 e. The van der Waals surface area contributed by atoms with Gasteiger partial charge >= 0.3 is 0 Å². The van der Waals surface area contributed by atoms with Gasteiger partial charge in [-0.15, -0.1) is 0 Å². The molecule has 0 N–H and O–H groups in total. The fourth-order valence-corrected chi connectivity index (χ4v) is 3.66. The fourth-order valence-electron chi connectivity index (χ4n) is 3.66. The molecular formula is C34H20. The maximum atomic E-state index is 3.38. The Morgan fingerprint density at radius 2 is 0.765 bits per heavy atom. The Morgan fingerprint density at radius 1 is 0.294 bits per heavy atom. The van der Waals surface area contributed by atoms with E-state index in [0.717, 1.165) is 44.2 Å². The highest BCUT2D eigenvalue weighted by molar-refractivity contribution is 5.94. The number of hydrogen-bond acceptors (Lipinski definition) is 0. The molecule has 0 aliphatic heterocycles. The topological polar surface area (TPSA) is 0 Å². The molecule has 0 saturated carbocycles. The highest BCUT2D eigenvalue weighted by atomic mass is 14.1. The summed E-state index contributed by atoms with van der Waals surface area (Å²) < 4.78 is 0. The van der Waals surface area contributed by atoms with Crippen LogP contribution in [0.3, 0.4) is 0 Å². The molecule has 156 valence electrons. The number of fused-ring (bicyclic) bond motifs is 1. The van der Waals surface area contributed by atoms with Crippen LogP contribution in [0.4, 0.5) is 0 Å². The fraction of sp³-hybridized carbons (Fsp3) is 0. The van der Waals surface area contributed by atoms with Crippen LogP contribution in [0.25, 0.3) is 10.8 Å². The monoisotopic (exact) mass is 428 g/mol. The largest absolute Gasteiger partial charge is 0.0622 e. The van der Waals surface area contributed by atoms with Crippen molar-refractivity contribution >= 4 is 10.8 Å². The third kappa shape index (κ3) is 5.09. The molecule has 0 amide bonds. The Bertz CT molecular complexity index is 1620. The summed E-state index contributed by atoms with van der Waals surface area (Å²) in [6.45, 7) is 0. The van der Waals surface area contributed by atoms with Crippen LogP contribution in [0, 0.1) is 35.5 Å². The lowest BCUT2D eigenvalue weighted by atomic mass is 9.97. The van der Waals surface area contributed by atoms with Crippen molar-refractivity contribution in [1.29, 1.82) is 0 Å². The first-order chi connectivity index (χ1) is 16.8. The Hall–Kier alpha value is -4.96. The Balaban J connectivity index is 1.66. The molecule has 0 unspecified atom stereocenters. The van der Waals surface area contributed by atoms with Gasteiger partial charge in [0.1, 0.15) is 0 Å². The summed E-state index contributed by atoms with van der Waals surface area (Å²) in [7, 11) is 0. The summed E-state index contributed by atoms with van der Waals surface area (Å²) >= 11 is 0. The van der Waals surface area contributed by atoms with E-state index in [4.69, 9.17) is 0 Å². The van der Waals surface area contributed by atoms with E-state index in [1.54, 1.807) is 0 Å². The smallest absolute Gasteiger partial charge is 0.0340 e. The SMILES string of the molecule is C(#Cc1cc(C#Cc2ccccc2)c2cccc(C#Cc3ccccc3)c2c1)c1ccccc1. The van der Waals surface area contributed by atoms with Gasteiger partial charge in [0.2, 0.25) is 0 Å². The van der Waals surface area contributed by atoms with Crippen LogP contribution in [0.15, 0.2) is 121 Å². The van der Waals surface area contributed by atoms with Crippen LogP contribution in [-0.2, 0) is 0 Å². The minimum atomic E-state index is 0.919. The van der Waals surface area contributed by atoms with E-state index >= 15 is 0 Å². The Kier molecular flexibility index (Phi) is 6.22. The lowest BCUT2D eigenvalue weighted by molar-refractivity contribution is 1.61. The Labute approximate surface area is 200 Å². The number of benzene rings is 5. The van der Waals surface area contributed by atoms with Crippen LogP contribution < -0.4 is 0 Å². The molecule has 5 rings (SSSR count). The summed E-state index contributed by atoms with van der Waals surface area (Å²) in [4.78, 5) is 0. The molecule has 0 spiro atoms. The summed E-state index contributed by atoms with van der Waals surface area (Å²) in [5.41, 5.74) is 5.79. The molecular weight excluding hydrogens is 408 g/mol. The molecule has 0 aliphatic rings. The number of rotatable bonds is 0. The first kappa shape index (κ1) is 20.9. The lowest BCUT2D eigenvalue weighted by Gasteiger charge is -2.05. The van der Waals surface area contributed by atoms with E-state index in [1.807, 2.05) is 97.1 Å². The molecule has 5 aromatic rings. The van der Waals surface area contributed by atoms with Crippen LogP contribution in [-0.4, -0.2) is 0 Å². The molecule has 0 atom stereocenters. The quantitative estimate of drug-likeness (QED) is 0.232. The predicted octanol–water partition coefficient (Wildman–Crippen LogP) is 7.04. The third-order valence-electron chi connectivity index (χ3n) is 5.35. The van der Waals surface area contributed by atoms with Crippen molar-refractivity contribution in [2.45, 2.75) is 0 Å². The van der Waals surface area contributed by atoms with Crippen molar-refractivity contribution in [2.75, 3.05) is 0 Å². The van der Waals surface area contributed by atoms with E-state index in [-0.39, 0.29) is 0 Å². The molecule has 0 radical (unpaired) electrons. The number of hydrogen-bond donors (Lipinski definition) is 0. The maximum absolute atomic E-state index is 3.38. The normalized spacial score (nSPS) is 9.65. The minimum absolute atomic E-state index is 0.919. The van der Waals surface area contributed by atoms with Crippen LogP contribution >= 0.6 is 0 Å². The summed E-state index contributed by atoms with van der Waals surface area (Å²) in [5, 5.41) is 2.14. The molecule has 0 aromatic heterocycles. The van der Waals surface area contributed by atoms with Gasteiger partial charge in [0.15, 0.2) is 0 Å². The zero-order valence-corrected chi connectivity index (χ0v) is 18.5. The molecule has 5 aromatic carbocycles. The van der Waals surface area contributed by atoms with E-state index in [9.17, 15) is 0 Å². The zero-order chi connectivity index (χ0) is 23.0. The molecule has 0 saturated heterocycles. The molecule has 0 aliphatic carbocycles. The van der Waals surface area contributed by atoms with Crippen molar-refractivity contribution in [3.63, 3.8) is 0 Å². The van der Waals surface area contributed by atoms with Crippen molar-refractivity contribution in [3.05, 3.63) is 155 Å². The average molecular weight is 429 g/mol. The summed E-state index contributed by atoms with van der Waals surface area (Å²) in [6, 6.07) is 40.5. The van der Waals surface area contributed by atoms with Gasteiger partial charge in [-0.1, -0.05) is 102 Å². The van der Waals surface area contributed by atoms with E-state index in [0.29, 0.717) is 0 Å². The third-order valence-corrected chi connectivity index (χ3v) is 5.35. The van der Waals surface area contributed by atoms with Gasteiger partial charge in [-0.3, -0.25) is 0 Å². The van der Waals surface area contributed by atoms with Crippen LogP contribution in [0.1, 0.15) is 33.4 Å². The first-order valence-electron chi connectivity index (χ1n) is 11.1. The van der Waals surface area contributed by atoms with E-state index in [1.165, 1.54) is 0 Å². The molecule has 0 heteroatoms. The summed E-state index contributed by atoms with van der Waals surface area (Å²) in [6.07, 6.45) is 0. The van der Waals surface area contributed by atoms with Crippen molar-refractivity contribution < 1.29 is 0 Å². The van der Waals surface area contributed by atoms with E-state index < -0.39 is 0 Å². The van der Waals surface area contributed by atoms with Gasteiger partial charge in [-0.25, -0.2) is 0 Å². The summed E-state index contributed by atoms with van der Waals surface area (Å²) in [5.74, 6) is 19.9. The van der Waals surface area contributed by atoms with Gasteiger partial charge in [-0.05, 0) is 65.4 Å². The highest BCUT2D eigenvalue weighted by Crippen LogP contribution is 2.24. The molecule has 0 nitrogen and oxygen atoms in total. The van der Waals surface area contributed by atoms with Gasteiger partial charge in [0.25, 0.3) is 0 Å². The predicted molar refractivity (Wildman–Crippen MR) is 141 cm³/mol. The second kappa shape index (κ2) is 10.1. The van der Waals surface area contributed by atoms with Gasteiger partial charge in [0.05, 0.1) is 0 Å². The van der Waals surface area contributed by atoms with Crippen molar-refractivity contribution in [2.24, 2.45) is 0 Å². The van der Waals surface area contributed by atoms with Gasteiger partial charge < -0.3 is 0 Å². The average Bonchev–Trinajstić information content (AvgIpc) is 2.91. The molecule has 34 heavy (non-hydrogen) atoms. The van der Waals surface area contributed by atoms with Gasteiger partial charge in [0, 0.05) is 33.4 Å². The van der Waals surface area contributed by atoms with Gasteiger partial charge in [-0.2, -0.15) is 0 Å². The molecule has 0 heterocycles. The van der Waals surface area contributed by atoms with E-state index in [2.05, 4.69) is 59.8 Å².